The van der Waals surface area contributed by atoms with Crippen molar-refractivity contribution < 1.29 is 17.9 Å². The maximum atomic E-state index is 12.4. The summed E-state index contributed by atoms with van der Waals surface area (Å²) >= 11 is 0. The van der Waals surface area contributed by atoms with E-state index in [9.17, 15) is 13.2 Å². The molecule has 8 heteroatoms. The highest BCUT2D eigenvalue weighted by Crippen LogP contribution is 2.24. The van der Waals surface area contributed by atoms with Crippen molar-refractivity contribution >= 4 is 26.8 Å². The molecular formula is C21H23N3O4S. The minimum atomic E-state index is -3.60. The molecule has 3 rings (SSSR count). The predicted molar refractivity (Wildman–Crippen MR) is 111 cm³/mol. The second-order valence-electron chi connectivity index (χ2n) is 6.74. The summed E-state index contributed by atoms with van der Waals surface area (Å²) in [5.74, 6) is 0.170. The molecule has 1 amide bonds. The number of ether oxygens (including phenoxy) is 1. The fourth-order valence-electron chi connectivity index (χ4n) is 2.82. The zero-order valence-electron chi connectivity index (χ0n) is 16.5. The predicted octanol–water partition coefficient (Wildman–Crippen LogP) is 2.49. The standard InChI is InChI=1S/C21H23N3O4S/c1-15-11-12-16-8-6-9-18(21(16)23-15)28-14-20(25)22-13-17-7-4-5-10-19(17)29(26,27)24(2)3/h4-12H,13-14H2,1-3H3,(H,22,25). The number of aryl methyl sites for hydroxylation is 1. The van der Waals surface area contributed by atoms with Gasteiger partial charge >= 0.3 is 0 Å². The third-order valence-corrected chi connectivity index (χ3v) is 6.30. The molecule has 0 bridgehead atoms. The van der Waals surface area contributed by atoms with Crippen molar-refractivity contribution in [3.05, 3.63) is 65.9 Å². The zero-order valence-corrected chi connectivity index (χ0v) is 17.4. The van der Waals surface area contributed by atoms with E-state index in [2.05, 4.69) is 10.3 Å². The van der Waals surface area contributed by atoms with Crippen LogP contribution < -0.4 is 10.1 Å². The number of hydrogen-bond donors (Lipinski definition) is 1. The summed E-state index contributed by atoms with van der Waals surface area (Å²) in [7, 11) is -0.655. The van der Waals surface area contributed by atoms with Gasteiger partial charge in [0, 0.05) is 31.7 Å². The lowest BCUT2D eigenvalue weighted by molar-refractivity contribution is -0.123. The molecule has 0 atom stereocenters. The van der Waals surface area contributed by atoms with E-state index in [4.69, 9.17) is 4.74 Å². The molecule has 1 N–H and O–H groups in total. The van der Waals surface area contributed by atoms with E-state index in [-0.39, 0.29) is 24.0 Å². The zero-order chi connectivity index (χ0) is 21.0. The third-order valence-electron chi connectivity index (χ3n) is 4.39. The summed E-state index contributed by atoms with van der Waals surface area (Å²) < 4.78 is 31.7. The highest BCUT2D eigenvalue weighted by atomic mass is 32.2. The van der Waals surface area contributed by atoms with E-state index >= 15 is 0 Å². The lowest BCUT2D eigenvalue weighted by atomic mass is 10.2. The Kier molecular flexibility index (Phi) is 6.14. The SMILES string of the molecule is Cc1ccc2cccc(OCC(=O)NCc3ccccc3S(=O)(=O)N(C)C)c2n1. The topological polar surface area (TPSA) is 88.6 Å². The van der Waals surface area contributed by atoms with Crippen LogP contribution in [0.25, 0.3) is 10.9 Å². The fourth-order valence-corrected chi connectivity index (χ4v) is 3.94. The summed E-state index contributed by atoms with van der Waals surface area (Å²) in [5, 5.41) is 3.64. The highest BCUT2D eigenvalue weighted by molar-refractivity contribution is 7.89. The van der Waals surface area contributed by atoms with Crippen LogP contribution >= 0.6 is 0 Å². The second kappa shape index (κ2) is 8.59. The van der Waals surface area contributed by atoms with Gasteiger partial charge in [-0.05, 0) is 30.7 Å². The number of hydrogen-bond acceptors (Lipinski definition) is 5. The van der Waals surface area contributed by atoms with Gasteiger partial charge in [-0.25, -0.2) is 17.7 Å². The fraction of sp³-hybridized carbons (Fsp3) is 0.238. The van der Waals surface area contributed by atoms with Gasteiger partial charge in [0.05, 0.1) is 4.90 Å². The Morgan fingerprint density at radius 3 is 2.59 bits per heavy atom. The number of nitrogens with one attached hydrogen (secondary N) is 1. The Bertz CT molecular complexity index is 1140. The molecule has 1 heterocycles. The number of nitrogens with zero attached hydrogens (tertiary/aromatic N) is 2. The Morgan fingerprint density at radius 1 is 1.07 bits per heavy atom. The lowest BCUT2D eigenvalue weighted by Gasteiger charge is -2.15. The number of amides is 1. The number of rotatable bonds is 7. The van der Waals surface area contributed by atoms with Crippen molar-refractivity contribution in [2.24, 2.45) is 0 Å². The molecule has 0 aliphatic rings. The number of fused-ring (bicyclic) bond motifs is 1. The van der Waals surface area contributed by atoms with E-state index in [1.807, 2.05) is 31.2 Å². The van der Waals surface area contributed by atoms with E-state index in [1.54, 1.807) is 24.3 Å². The molecule has 1 aromatic heterocycles. The molecule has 0 saturated carbocycles. The summed E-state index contributed by atoms with van der Waals surface area (Å²) in [6.07, 6.45) is 0. The molecule has 152 valence electrons. The van der Waals surface area contributed by atoms with Gasteiger partial charge in [-0.15, -0.1) is 0 Å². The number of carbonyl (C=O) groups excluding carboxylic acids is 1. The summed E-state index contributed by atoms with van der Waals surface area (Å²) in [4.78, 5) is 16.9. The number of carbonyl (C=O) groups is 1. The Hall–Kier alpha value is -2.97. The van der Waals surface area contributed by atoms with Crippen LogP contribution in [0.4, 0.5) is 0 Å². The first-order valence-electron chi connectivity index (χ1n) is 9.05. The van der Waals surface area contributed by atoms with Gasteiger partial charge in [-0.3, -0.25) is 4.79 Å². The quantitative estimate of drug-likeness (QED) is 0.643. The van der Waals surface area contributed by atoms with E-state index < -0.39 is 10.0 Å². The van der Waals surface area contributed by atoms with E-state index in [0.717, 1.165) is 15.4 Å². The van der Waals surface area contributed by atoms with Crippen LogP contribution in [0.15, 0.2) is 59.5 Å². The molecule has 0 unspecified atom stereocenters. The average Bonchev–Trinajstić information content (AvgIpc) is 2.70. The first-order valence-corrected chi connectivity index (χ1v) is 10.5. The molecule has 0 aliphatic heterocycles. The Morgan fingerprint density at radius 2 is 1.83 bits per heavy atom. The monoisotopic (exact) mass is 413 g/mol. The van der Waals surface area contributed by atoms with E-state index in [1.165, 1.54) is 20.2 Å². The van der Waals surface area contributed by atoms with Crippen LogP contribution in [0.2, 0.25) is 0 Å². The Balaban J connectivity index is 1.67. The van der Waals surface area contributed by atoms with Gasteiger partial charge in [-0.1, -0.05) is 36.4 Å². The van der Waals surface area contributed by atoms with Gasteiger partial charge in [-0.2, -0.15) is 0 Å². The molecule has 3 aromatic rings. The normalized spacial score (nSPS) is 11.6. The molecule has 0 fully saturated rings. The number of benzene rings is 2. The molecule has 0 aliphatic carbocycles. The minimum Gasteiger partial charge on any atom is -0.481 e. The smallest absolute Gasteiger partial charge is 0.258 e. The van der Waals surface area contributed by atoms with Crippen molar-refractivity contribution in [2.45, 2.75) is 18.4 Å². The van der Waals surface area contributed by atoms with Crippen LogP contribution in [0.3, 0.4) is 0 Å². The first kappa shape index (κ1) is 20.8. The lowest BCUT2D eigenvalue weighted by Crippen LogP contribution is -2.30. The molecule has 7 nitrogen and oxygen atoms in total. The van der Waals surface area contributed by atoms with Gasteiger partial charge in [0.1, 0.15) is 11.3 Å². The molecular weight excluding hydrogens is 390 g/mol. The summed E-state index contributed by atoms with van der Waals surface area (Å²) in [5.41, 5.74) is 2.07. The first-order chi connectivity index (χ1) is 13.8. The maximum Gasteiger partial charge on any atom is 0.258 e. The minimum absolute atomic E-state index is 0.0817. The van der Waals surface area contributed by atoms with Crippen LogP contribution in [-0.4, -0.2) is 44.3 Å². The summed E-state index contributed by atoms with van der Waals surface area (Å²) in [6.45, 7) is 1.78. The van der Waals surface area contributed by atoms with Crippen molar-refractivity contribution in [1.29, 1.82) is 0 Å². The largest absolute Gasteiger partial charge is 0.481 e. The number of para-hydroxylation sites is 1. The van der Waals surface area contributed by atoms with Crippen molar-refractivity contribution in [1.82, 2.24) is 14.6 Å². The Labute approximate surface area is 170 Å². The average molecular weight is 413 g/mol. The number of aromatic nitrogens is 1. The molecule has 0 saturated heterocycles. The highest BCUT2D eigenvalue weighted by Gasteiger charge is 2.20. The third kappa shape index (κ3) is 4.72. The van der Waals surface area contributed by atoms with Crippen molar-refractivity contribution in [3.63, 3.8) is 0 Å². The van der Waals surface area contributed by atoms with Gasteiger partial charge in [0.15, 0.2) is 6.61 Å². The van der Waals surface area contributed by atoms with Crippen molar-refractivity contribution in [3.8, 4) is 5.75 Å². The summed E-state index contributed by atoms with van der Waals surface area (Å²) in [6, 6.07) is 16.0. The van der Waals surface area contributed by atoms with Gasteiger partial charge < -0.3 is 10.1 Å². The molecule has 0 spiro atoms. The molecule has 29 heavy (non-hydrogen) atoms. The van der Waals surface area contributed by atoms with Gasteiger partial charge in [0.25, 0.3) is 5.91 Å². The van der Waals surface area contributed by atoms with Crippen molar-refractivity contribution in [2.75, 3.05) is 20.7 Å². The van der Waals surface area contributed by atoms with E-state index in [0.29, 0.717) is 16.8 Å². The second-order valence-corrected chi connectivity index (χ2v) is 8.86. The molecule has 0 radical (unpaired) electrons. The van der Waals surface area contributed by atoms with Crippen LogP contribution in [0.5, 0.6) is 5.75 Å². The maximum absolute atomic E-state index is 12.4. The molecule has 2 aromatic carbocycles. The van der Waals surface area contributed by atoms with Crippen LogP contribution in [0, 0.1) is 6.92 Å². The van der Waals surface area contributed by atoms with Crippen LogP contribution in [-0.2, 0) is 21.4 Å². The van der Waals surface area contributed by atoms with Crippen LogP contribution in [0.1, 0.15) is 11.3 Å². The van der Waals surface area contributed by atoms with Gasteiger partial charge in [0.2, 0.25) is 10.0 Å². The number of pyridine rings is 1. The number of sulfonamides is 1.